The molecule has 200 valence electrons. The summed E-state index contributed by atoms with van der Waals surface area (Å²) in [7, 11) is 0. The summed E-state index contributed by atoms with van der Waals surface area (Å²) in [6, 6.07) is 20.8. The number of anilines is 1. The number of ketones is 1. The molecule has 1 aliphatic rings. The van der Waals surface area contributed by atoms with Gasteiger partial charge in [-0.3, -0.25) is 14.4 Å². The smallest absolute Gasteiger partial charge is 0.258 e. The fraction of sp³-hybridized carbons (Fsp3) is 0.242. The van der Waals surface area contributed by atoms with Gasteiger partial charge in [-0.1, -0.05) is 56.0 Å². The predicted octanol–water partition coefficient (Wildman–Crippen LogP) is 7.11. The number of hydrogen-bond acceptors (Lipinski definition) is 4. The molecule has 0 aliphatic carbocycles. The van der Waals surface area contributed by atoms with Crippen LogP contribution in [0.1, 0.15) is 60.0 Å². The molecule has 4 rings (SSSR count). The Morgan fingerprint density at radius 1 is 0.744 bits per heavy atom. The van der Waals surface area contributed by atoms with E-state index in [1.54, 1.807) is 30.3 Å². The van der Waals surface area contributed by atoms with Crippen LogP contribution in [0.2, 0.25) is 0 Å². The molecular weight excluding hydrogens is 493 g/mol. The largest absolute Gasteiger partial charge is 0.494 e. The first-order valence-corrected chi connectivity index (χ1v) is 13.4. The summed E-state index contributed by atoms with van der Waals surface area (Å²) in [6.07, 6.45) is 13.6. The number of hydrogen-bond donors (Lipinski definition) is 0. The molecule has 1 aliphatic heterocycles. The number of benzene rings is 3. The van der Waals surface area contributed by atoms with Crippen molar-refractivity contribution in [3.05, 3.63) is 114 Å². The highest BCUT2D eigenvalue weighted by atomic mass is 19.1. The third-order valence-electron chi connectivity index (χ3n) is 6.57. The van der Waals surface area contributed by atoms with Crippen molar-refractivity contribution in [2.45, 2.75) is 44.9 Å². The van der Waals surface area contributed by atoms with Gasteiger partial charge in [0.25, 0.3) is 11.8 Å². The standard InChI is InChI=1S/C33H32FNO4/c34-28-15-13-27(14-16-28)31(36)21-12-26-10-8-25(9-11-26)7-5-3-1-2-4-6-24-39-30-19-17-29(18-20-30)35-32(37)22-23-33(35)38/h8-23H,1-7,24H2. The van der Waals surface area contributed by atoms with Crippen LogP contribution in [-0.4, -0.2) is 24.2 Å². The molecular formula is C33H32FNO4. The summed E-state index contributed by atoms with van der Waals surface area (Å²) >= 11 is 0. The van der Waals surface area contributed by atoms with E-state index in [2.05, 4.69) is 12.1 Å². The van der Waals surface area contributed by atoms with Crippen molar-refractivity contribution in [2.24, 2.45) is 0 Å². The lowest BCUT2D eigenvalue weighted by molar-refractivity contribution is -0.119. The number of carbonyl (C=O) groups excluding carboxylic acids is 3. The average Bonchev–Trinajstić information content (AvgIpc) is 3.29. The fourth-order valence-corrected chi connectivity index (χ4v) is 4.35. The lowest BCUT2D eigenvalue weighted by Crippen LogP contribution is -2.29. The molecule has 0 unspecified atom stereocenters. The topological polar surface area (TPSA) is 63.7 Å². The minimum absolute atomic E-state index is 0.146. The molecule has 3 aromatic rings. The molecule has 0 radical (unpaired) electrons. The quantitative estimate of drug-likeness (QED) is 0.0974. The van der Waals surface area contributed by atoms with Gasteiger partial charge in [0, 0.05) is 17.7 Å². The minimum atomic E-state index is -0.354. The van der Waals surface area contributed by atoms with E-state index >= 15 is 0 Å². The van der Waals surface area contributed by atoms with Crippen LogP contribution >= 0.6 is 0 Å². The Labute approximate surface area is 228 Å². The molecule has 3 aromatic carbocycles. The van der Waals surface area contributed by atoms with Crippen molar-refractivity contribution < 1.29 is 23.5 Å². The van der Waals surface area contributed by atoms with E-state index in [9.17, 15) is 18.8 Å². The van der Waals surface area contributed by atoms with Gasteiger partial charge in [0.2, 0.25) is 0 Å². The number of halogens is 1. The SMILES string of the molecule is O=C(C=Cc1ccc(CCCCCCCCOc2ccc(N3C(=O)C=CC3=O)cc2)cc1)c1ccc(F)cc1. The van der Waals surface area contributed by atoms with Crippen molar-refractivity contribution in [3.63, 3.8) is 0 Å². The molecule has 0 atom stereocenters. The highest BCUT2D eigenvalue weighted by molar-refractivity contribution is 6.28. The first kappa shape index (κ1) is 27.7. The van der Waals surface area contributed by atoms with E-state index in [1.807, 2.05) is 12.1 Å². The summed E-state index contributed by atoms with van der Waals surface area (Å²) in [4.78, 5) is 36.8. The first-order valence-electron chi connectivity index (χ1n) is 13.4. The summed E-state index contributed by atoms with van der Waals surface area (Å²) < 4.78 is 18.8. The van der Waals surface area contributed by atoms with Gasteiger partial charge in [-0.25, -0.2) is 9.29 Å². The van der Waals surface area contributed by atoms with Crippen LogP contribution in [0.5, 0.6) is 5.75 Å². The molecule has 0 spiro atoms. The number of allylic oxidation sites excluding steroid dienone is 1. The van der Waals surface area contributed by atoms with Gasteiger partial charge in [0.05, 0.1) is 12.3 Å². The lowest BCUT2D eigenvalue weighted by Gasteiger charge is -2.14. The van der Waals surface area contributed by atoms with Crippen LogP contribution in [0.3, 0.4) is 0 Å². The van der Waals surface area contributed by atoms with Gasteiger partial charge in [0.15, 0.2) is 5.78 Å². The van der Waals surface area contributed by atoms with Gasteiger partial charge in [-0.05, 0) is 85.0 Å². The average molecular weight is 526 g/mol. The number of carbonyl (C=O) groups is 3. The Hall–Kier alpha value is -4.32. The Morgan fingerprint density at radius 2 is 1.36 bits per heavy atom. The van der Waals surface area contributed by atoms with Crippen molar-refractivity contribution in [1.82, 2.24) is 0 Å². The van der Waals surface area contributed by atoms with Crippen molar-refractivity contribution in [2.75, 3.05) is 11.5 Å². The molecule has 0 N–H and O–H groups in total. The zero-order valence-electron chi connectivity index (χ0n) is 21.9. The third-order valence-corrected chi connectivity index (χ3v) is 6.57. The second kappa shape index (κ2) is 14.0. The van der Waals surface area contributed by atoms with Gasteiger partial charge < -0.3 is 4.74 Å². The Balaban J connectivity index is 1.05. The Bertz CT molecular complexity index is 1310. The molecule has 0 bridgehead atoms. The maximum atomic E-state index is 13.0. The van der Waals surface area contributed by atoms with Crippen LogP contribution in [-0.2, 0) is 16.0 Å². The number of unbranched alkanes of at least 4 members (excludes halogenated alkanes) is 5. The third kappa shape index (κ3) is 8.34. The number of imide groups is 1. The van der Waals surface area contributed by atoms with Crippen LogP contribution in [0.4, 0.5) is 10.1 Å². The molecule has 0 saturated carbocycles. The summed E-state index contributed by atoms with van der Waals surface area (Å²) in [5.41, 5.74) is 3.26. The van der Waals surface area contributed by atoms with E-state index in [1.165, 1.54) is 67.3 Å². The molecule has 1 heterocycles. The molecule has 2 amide bonds. The fourth-order valence-electron chi connectivity index (χ4n) is 4.35. The molecule has 6 heteroatoms. The maximum Gasteiger partial charge on any atom is 0.258 e. The van der Waals surface area contributed by atoms with Crippen molar-refractivity contribution >= 4 is 29.4 Å². The van der Waals surface area contributed by atoms with Crippen LogP contribution in [0.15, 0.2) is 91.0 Å². The van der Waals surface area contributed by atoms with E-state index in [0.717, 1.165) is 41.9 Å². The highest BCUT2D eigenvalue weighted by Gasteiger charge is 2.24. The second-order valence-electron chi connectivity index (χ2n) is 9.50. The number of nitrogens with zero attached hydrogens (tertiary/aromatic N) is 1. The van der Waals surface area contributed by atoms with E-state index in [4.69, 9.17) is 4.74 Å². The number of aryl methyl sites for hydroxylation is 1. The van der Waals surface area contributed by atoms with Crippen LogP contribution in [0.25, 0.3) is 6.08 Å². The minimum Gasteiger partial charge on any atom is -0.494 e. The van der Waals surface area contributed by atoms with Crippen molar-refractivity contribution in [3.8, 4) is 5.75 Å². The first-order chi connectivity index (χ1) is 19.0. The van der Waals surface area contributed by atoms with E-state index in [-0.39, 0.29) is 23.4 Å². The van der Waals surface area contributed by atoms with Gasteiger partial charge in [-0.2, -0.15) is 0 Å². The molecule has 39 heavy (non-hydrogen) atoms. The second-order valence-corrected chi connectivity index (χ2v) is 9.50. The Kier molecular flexibility index (Phi) is 9.95. The lowest BCUT2D eigenvalue weighted by atomic mass is 10.0. The van der Waals surface area contributed by atoms with E-state index < -0.39 is 0 Å². The van der Waals surface area contributed by atoms with E-state index in [0.29, 0.717) is 17.9 Å². The maximum absolute atomic E-state index is 13.0. The monoisotopic (exact) mass is 525 g/mol. The zero-order valence-corrected chi connectivity index (χ0v) is 21.9. The highest BCUT2D eigenvalue weighted by Crippen LogP contribution is 2.22. The number of rotatable bonds is 14. The van der Waals surface area contributed by atoms with Crippen LogP contribution in [0, 0.1) is 5.82 Å². The molecule has 0 aromatic heterocycles. The number of ether oxygens (including phenoxy) is 1. The Morgan fingerprint density at radius 3 is 2.03 bits per heavy atom. The van der Waals surface area contributed by atoms with Gasteiger partial charge in [0.1, 0.15) is 11.6 Å². The van der Waals surface area contributed by atoms with Crippen molar-refractivity contribution in [1.29, 1.82) is 0 Å². The van der Waals surface area contributed by atoms with Gasteiger partial charge >= 0.3 is 0 Å². The number of amides is 2. The van der Waals surface area contributed by atoms with Gasteiger partial charge in [-0.15, -0.1) is 0 Å². The summed E-state index contributed by atoms with van der Waals surface area (Å²) in [5.74, 6) is -0.421. The summed E-state index contributed by atoms with van der Waals surface area (Å²) in [5, 5.41) is 0. The molecule has 0 fully saturated rings. The van der Waals surface area contributed by atoms with Crippen LogP contribution < -0.4 is 9.64 Å². The molecule has 0 saturated heterocycles. The normalized spacial score (nSPS) is 13.0. The molecule has 5 nitrogen and oxygen atoms in total. The zero-order chi connectivity index (χ0) is 27.5. The summed E-state index contributed by atoms with van der Waals surface area (Å²) in [6.45, 7) is 0.638. The predicted molar refractivity (Wildman–Crippen MR) is 151 cm³/mol.